The SMILES string of the molecule is C[C@@H](NCC(=O)O)C(=O)N1CCCC[C@H]1C(=O)NCc1ccc(C(=N)N)cc1. The first-order chi connectivity index (χ1) is 13.3. The van der Waals surface area contributed by atoms with Crippen molar-refractivity contribution < 1.29 is 19.5 Å². The third-order valence-corrected chi connectivity index (χ3v) is 4.75. The summed E-state index contributed by atoms with van der Waals surface area (Å²) in [5.41, 5.74) is 6.91. The van der Waals surface area contributed by atoms with Crippen molar-refractivity contribution in [3.63, 3.8) is 0 Å². The van der Waals surface area contributed by atoms with Crippen LogP contribution in [0.2, 0.25) is 0 Å². The van der Waals surface area contributed by atoms with Crippen LogP contribution in [0.5, 0.6) is 0 Å². The maximum atomic E-state index is 12.7. The molecule has 9 nitrogen and oxygen atoms in total. The van der Waals surface area contributed by atoms with E-state index < -0.39 is 18.1 Å². The van der Waals surface area contributed by atoms with Crippen LogP contribution in [0.15, 0.2) is 24.3 Å². The Kier molecular flexibility index (Phi) is 7.51. The molecule has 2 atom stereocenters. The number of hydrogen-bond donors (Lipinski definition) is 5. The third kappa shape index (κ3) is 5.78. The van der Waals surface area contributed by atoms with Crippen LogP contribution in [0, 0.1) is 5.41 Å². The molecule has 1 aliphatic heterocycles. The van der Waals surface area contributed by atoms with E-state index in [-0.39, 0.29) is 24.2 Å². The minimum absolute atomic E-state index is 0.0161. The Balaban J connectivity index is 1.96. The van der Waals surface area contributed by atoms with E-state index in [1.54, 1.807) is 31.2 Å². The number of carbonyl (C=O) groups excluding carboxylic acids is 2. The summed E-state index contributed by atoms with van der Waals surface area (Å²) in [6.45, 7) is 2.07. The Bertz CT molecular complexity index is 734. The number of carboxylic acid groups (broad SMARTS) is 1. The lowest BCUT2D eigenvalue weighted by Crippen LogP contribution is -2.56. The number of aliphatic carboxylic acids is 1. The monoisotopic (exact) mass is 389 g/mol. The van der Waals surface area contributed by atoms with E-state index in [1.807, 2.05) is 0 Å². The molecule has 1 heterocycles. The van der Waals surface area contributed by atoms with Crippen LogP contribution in [0.1, 0.15) is 37.3 Å². The lowest BCUT2D eigenvalue weighted by molar-refractivity contribution is -0.144. The first-order valence-corrected chi connectivity index (χ1v) is 9.26. The summed E-state index contributed by atoms with van der Waals surface area (Å²) in [6.07, 6.45) is 2.24. The number of nitrogens with one attached hydrogen (secondary N) is 3. The van der Waals surface area contributed by atoms with Gasteiger partial charge in [-0.25, -0.2) is 0 Å². The second-order valence-electron chi connectivity index (χ2n) is 6.87. The molecule has 0 unspecified atom stereocenters. The molecule has 9 heteroatoms. The zero-order valence-electron chi connectivity index (χ0n) is 15.9. The predicted octanol–water partition coefficient (Wildman–Crippen LogP) is 0.0307. The normalized spacial score (nSPS) is 17.6. The fraction of sp³-hybridized carbons (Fsp3) is 0.474. The van der Waals surface area contributed by atoms with E-state index in [1.165, 1.54) is 4.90 Å². The largest absolute Gasteiger partial charge is 0.480 e. The first kappa shape index (κ1) is 21.4. The van der Waals surface area contributed by atoms with Crippen molar-refractivity contribution in [1.29, 1.82) is 5.41 Å². The number of rotatable bonds is 8. The molecule has 0 radical (unpaired) electrons. The number of hydrogen-bond acceptors (Lipinski definition) is 5. The van der Waals surface area contributed by atoms with Gasteiger partial charge >= 0.3 is 5.97 Å². The van der Waals surface area contributed by atoms with Gasteiger partial charge in [-0.05, 0) is 31.7 Å². The van der Waals surface area contributed by atoms with Gasteiger partial charge in [0.2, 0.25) is 11.8 Å². The number of carboxylic acids is 1. The Hall–Kier alpha value is -2.94. The fourth-order valence-electron chi connectivity index (χ4n) is 3.15. The summed E-state index contributed by atoms with van der Waals surface area (Å²) in [5.74, 6) is -1.55. The minimum Gasteiger partial charge on any atom is -0.480 e. The number of amidine groups is 1. The van der Waals surface area contributed by atoms with Crippen molar-refractivity contribution in [2.75, 3.05) is 13.1 Å². The van der Waals surface area contributed by atoms with E-state index in [0.29, 0.717) is 25.1 Å². The number of likely N-dealkylation sites (tertiary alicyclic amines) is 1. The highest BCUT2D eigenvalue weighted by molar-refractivity contribution is 5.95. The summed E-state index contributed by atoms with van der Waals surface area (Å²) in [4.78, 5) is 37.6. The Labute approximate surface area is 163 Å². The molecular formula is C19H27N5O4. The summed E-state index contributed by atoms with van der Waals surface area (Å²) in [7, 11) is 0. The lowest BCUT2D eigenvalue weighted by atomic mass is 10.00. The van der Waals surface area contributed by atoms with Gasteiger partial charge < -0.3 is 21.1 Å². The van der Waals surface area contributed by atoms with Gasteiger partial charge in [0.25, 0.3) is 0 Å². The molecule has 1 saturated heterocycles. The summed E-state index contributed by atoms with van der Waals surface area (Å²) >= 11 is 0. The summed E-state index contributed by atoms with van der Waals surface area (Å²) in [6, 6.07) is 5.78. The van der Waals surface area contributed by atoms with Crippen molar-refractivity contribution in [2.24, 2.45) is 5.73 Å². The fourth-order valence-corrected chi connectivity index (χ4v) is 3.15. The Morgan fingerprint density at radius 3 is 2.57 bits per heavy atom. The number of benzene rings is 1. The van der Waals surface area contributed by atoms with Crippen LogP contribution in [0.3, 0.4) is 0 Å². The van der Waals surface area contributed by atoms with Gasteiger partial charge in [0.1, 0.15) is 11.9 Å². The van der Waals surface area contributed by atoms with Gasteiger partial charge in [0.15, 0.2) is 0 Å². The second kappa shape index (κ2) is 9.84. The number of amides is 2. The molecule has 0 spiro atoms. The minimum atomic E-state index is -1.04. The van der Waals surface area contributed by atoms with Crippen LogP contribution in [0.4, 0.5) is 0 Å². The maximum Gasteiger partial charge on any atom is 0.317 e. The van der Waals surface area contributed by atoms with E-state index in [2.05, 4.69) is 10.6 Å². The highest BCUT2D eigenvalue weighted by Crippen LogP contribution is 2.18. The molecule has 1 fully saturated rings. The van der Waals surface area contributed by atoms with Crippen LogP contribution in [-0.4, -0.2) is 58.8 Å². The van der Waals surface area contributed by atoms with Gasteiger partial charge in [0.05, 0.1) is 12.6 Å². The van der Waals surface area contributed by atoms with Crippen LogP contribution in [-0.2, 0) is 20.9 Å². The van der Waals surface area contributed by atoms with Crippen molar-refractivity contribution in [3.05, 3.63) is 35.4 Å². The predicted molar refractivity (Wildman–Crippen MR) is 104 cm³/mol. The molecule has 1 aromatic rings. The number of carbonyl (C=O) groups is 3. The van der Waals surface area contributed by atoms with Crippen LogP contribution >= 0.6 is 0 Å². The molecular weight excluding hydrogens is 362 g/mol. The van der Waals surface area contributed by atoms with Gasteiger partial charge in [-0.15, -0.1) is 0 Å². The molecule has 2 rings (SSSR count). The van der Waals surface area contributed by atoms with Crippen molar-refractivity contribution in [1.82, 2.24) is 15.5 Å². The molecule has 152 valence electrons. The van der Waals surface area contributed by atoms with Crippen LogP contribution < -0.4 is 16.4 Å². The highest BCUT2D eigenvalue weighted by Gasteiger charge is 2.34. The molecule has 2 amide bonds. The standard InChI is InChI=1S/C19H27N5O4/c1-12(22-11-16(25)26)19(28)24-9-3-2-4-15(24)18(27)23-10-13-5-7-14(8-6-13)17(20)21/h5-8,12,15,22H,2-4,9-11H2,1H3,(H3,20,21)(H,23,27)(H,25,26)/t12-,15+/m1/s1. The van der Waals surface area contributed by atoms with E-state index >= 15 is 0 Å². The van der Waals surface area contributed by atoms with Crippen molar-refractivity contribution in [3.8, 4) is 0 Å². The molecule has 6 N–H and O–H groups in total. The molecule has 0 aromatic heterocycles. The van der Waals surface area contributed by atoms with Crippen LogP contribution in [0.25, 0.3) is 0 Å². The average Bonchev–Trinajstić information content (AvgIpc) is 2.69. The summed E-state index contributed by atoms with van der Waals surface area (Å²) in [5, 5.41) is 21.7. The molecule has 0 saturated carbocycles. The second-order valence-corrected chi connectivity index (χ2v) is 6.87. The van der Waals surface area contributed by atoms with E-state index in [4.69, 9.17) is 16.2 Å². The molecule has 28 heavy (non-hydrogen) atoms. The molecule has 1 aliphatic rings. The van der Waals surface area contributed by atoms with Crippen molar-refractivity contribution >= 4 is 23.6 Å². The zero-order valence-corrected chi connectivity index (χ0v) is 15.9. The van der Waals surface area contributed by atoms with Gasteiger partial charge in [-0.3, -0.25) is 25.1 Å². The molecule has 0 bridgehead atoms. The van der Waals surface area contributed by atoms with Gasteiger partial charge in [-0.1, -0.05) is 24.3 Å². The third-order valence-electron chi connectivity index (χ3n) is 4.75. The summed E-state index contributed by atoms with van der Waals surface area (Å²) < 4.78 is 0. The van der Waals surface area contributed by atoms with Crippen molar-refractivity contribution in [2.45, 2.75) is 44.8 Å². The lowest BCUT2D eigenvalue weighted by Gasteiger charge is -2.36. The molecule has 0 aliphatic carbocycles. The number of nitrogens with two attached hydrogens (primary N) is 1. The zero-order chi connectivity index (χ0) is 20.7. The number of nitrogens with zero attached hydrogens (tertiary/aromatic N) is 1. The van der Waals surface area contributed by atoms with E-state index in [9.17, 15) is 14.4 Å². The average molecular weight is 389 g/mol. The first-order valence-electron chi connectivity index (χ1n) is 9.26. The van der Waals surface area contributed by atoms with Gasteiger partial charge in [-0.2, -0.15) is 0 Å². The topological polar surface area (TPSA) is 149 Å². The van der Waals surface area contributed by atoms with E-state index in [0.717, 1.165) is 18.4 Å². The van der Waals surface area contributed by atoms with Gasteiger partial charge in [0, 0.05) is 18.7 Å². The number of nitrogen functional groups attached to an aromatic ring is 1. The highest BCUT2D eigenvalue weighted by atomic mass is 16.4. The molecule has 1 aromatic carbocycles. The number of piperidine rings is 1. The smallest absolute Gasteiger partial charge is 0.317 e. The maximum absolute atomic E-state index is 12.7. The quantitative estimate of drug-likeness (QED) is 0.313. The Morgan fingerprint density at radius 2 is 1.96 bits per heavy atom. The Morgan fingerprint density at radius 1 is 1.29 bits per heavy atom.